The van der Waals surface area contributed by atoms with Crippen LogP contribution in [0.2, 0.25) is 0 Å². The zero-order chi connectivity index (χ0) is 15.2. The van der Waals surface area contributed by atoms with Crippen molar-refractivity contribution in [2.24, 2.45) is 0 Å². The van der Waals surface area contributed by atoms with Crippen LogP contribution in [0.3, 0.4) is 0 Å². The van der Waals surface area contributed by atoms with E-state index in [2.05, 4.69) is 40.5 Å². The Morgan fingerprint density at radius 3 is 2.55 bits per heavy atom. The van der Waals surface area contributed by atoms with E-state index >= 15 is 0 Å². The maximum absolute atomic E-state index is 5.66. The molecule has 1 aromatic heterocycles. The molecule has 1 saturated heterocycles. The van der Waals surface area contributed by atoms with Crippen molar-refractivity contribution in [1.29, 1.82) is 0 Å². The standard InChI is InChI=1S/C18H24N2O2/c1-15-7-8-17(22-15)13-19-18(16-5-3-2-4-6-16)14-20-9-11-21-12-10-20/h2-8,18-19H,9-14H2,1H3. The molecule has 0 aliphatic carbocycles. The number of hydrogen-bond acceptors (Lipinski definition) is 4. The number of rotatable bonds is 6. The van der Waals surface area contributed by atoms with E-state index in [-0.39, 0.29) is 0 Å². The molecule has 118 valence electrons. The molecular weight excluding hydrogens is 276 g/mol. The minimum Gasteiger partial charge on any atom is -0.465 e. The topological polar surface area (TPSA) is 37.6 Å². The smallest absolute Gasteiger partial charge is 0.117 e. The van der Waals surface area contributed by atoms with Gasteiger partial charge in [-0.25, -0.2) is 0 Å². The Balaban J connectivity index is 1.65. The summed E-state index contributed by atoms with van der Waals surface area (Å²) < 4.78 is 11.1. The number of furan rings is 1. The predicted octanol–water partition coefficient (Wildman–Crippen LogP) is 2.75. The molecule has 1 N–H and O–H groups in total. The molecule has 1 unspecified atom stereocenters. The maximum Gasteiger partial charge on any atom is 0.117 e. The fraction of sp³-hybridized carbons (Fsp3) is 0.444. The van der Waals surface area contributed by atoms with E-state index in [0.717, 1.165) is 50.9 Å². The van der Waals surface area contributed by atoms with Crippen LogP contribution in [0.1, 0.15) is 23.1 Å². The van der Waals surface area contributed by atoms with Gasteiger partial charge in [0.1, 0.15) is 11.5 Å². The highest BCUT2D eigenvalue weighted by atomic mass is 16.5. The maximum atomic E-state index is 5.66. The highest BCUT2D eigenvalue weighted by molar-refractivity contribution is 5.19. The van der Waals surface area contributed by atoms with Gasteiger partial charge in [-0.05, 0) is 24.6 Å². The van der Waals surface area contributed by atoms with Gasteiger partial charge in [-0.1, -0.05) is 30.3 Å². The molecule has 4 nitrogen and oxygen atoms in total. The molecule has 0 spiro atoms. The quantitative estimate of drug-likeness (QED) is 0.890. The summed E-state index contributed by atoms with van der Waals surface area (Å²) in [5, 5.41) is 3.64. The van der Waals surface area contributed by atoms with Gasteiger partial charge in [-0.2, -0.15) is 0 Å². The molecule has 1 fully saturated rings. The van der Waals surface area contributed by atoms with Crippen LogP contribution in [0.25, 0.3) is 0 Å². The van der Waals surface area contributed by atoms with Gasteiger partial charge in [0.25, 0.3) is 0 Å². The molecule has 0 radical (unpaired) electrons. The minimum absolute atomic E-state index is 0.296. The first kappa shape index (κ1) is 15.3. The van der Waals surface area contributed by atoms with Crippen LogP contribution in [0, 0.1) is 6.92 Å². The molecule has 2 aromatic rings. The van der Waals surface area contributed by atoms with Crippen molar-refractivity contribution in [2.45, 2.75) is 19.5 Å². The first-order valence-electron chi connectivity index (χ1n) is 7.95. The summed E-state index contributed by atoms with van der Waals surface area (Å²) >= 11 is 0. The van der Waals surface area contributed by atoms with Crippen LogP contribution in [0.4, 0.5) is 0 Å². The average molecular weight is 300 g/mol. The fourth-order valence-corrected chi connectivity index (χ4v) is 2.82. The van der Waals surface area contributed by atoms with E-state index in [1.807, 2.05) is 19.1 Å². The van der Waals surface area contributed by atoms with E-state index in [0.29, 0.717) is 6.04 Å². The summed E-state index contributed by atoms with van der Waals surface area (Å²) in [6.07, 6.45) is 0. The SMILES string of the molecule is Cc1ccc(CNC(CN2CCOCC2)c2ccccc2)o1. The summed E-state index contributed by atoms with van der Waals surface area (Å²) in [6.45, 7) is 7.39. The van der Waals surface area contributed by atoms with Gasteiger partial charge in [0.15, 0.2) is 0 Å². The Hall–Kier alpha value is -1.62. The highest BCUT2D eigenvalue weighted by Crippen LogP contribution is 2.16. The van der Waals surface area contributed by atoms with Gasteiger partial charge in [0.2, 0.25) is 0 Å². The predicted molar refractivity (Wildman–Crippen MR) is 86.7 cm³/mol. The fourth-order valence-electron chi connectivity index (χ4n) is 2.82. The van der Waals surface area contributed by atoms with Crippen molar-refractivity contribution in [2.75, 3.05) is 32.8 Å². The van der Waals surface area contributed by atoms with E-state index in [1.165, 1.54) is 5.56 Å². The minimum atomic E-state index is 0.296. The zero-order valence-electron chi connectivity index (χ0n) is 13.1. The van der Waals surface area contributed by atoms with Gasteiger partial charge in [0.05, 0.1) is 19.8 Å². The lowest BCUT2D eigenvalue weighted by molar-refractivity contribution is 0.0332. The second kappa shape index (κ2) is 7.58. The Bertz CT molecular complexity index is 561. The van der Waals surface area contributed by atoms with E-state index in [4.69, 9.17) is 9.15 Å². The lowest BCUT2D eigenvalue weighted by Crippen LogP contribution is -2.41. The molecule has 1 aliphatic rings. The third kappa shape index (κ3) is 4.19. The average Bonchev–Trinajstić information content (AvgIpc) is 2.99. The molecule has 22 heavy (non-hydrogen) atoms. The van der Waals surface area contributed by atoms with Crippen LogP contribution in [-0.4, -0.2) is 37.7 Å². The van der Waals surface area contributed by atoms with Crippen molar-refractivity contribution in [3.8, 4) is 0 Å². The molecule has 1 atom stereocenters. The Kier molecular flexibility index (Phi) is 5.27. The second-order valence-electron chi connectivity index (χ2n) is 5.77. The van der Waals surface area contributed by atoms with Crippen LogP contribution in [0.15, 0.2) is 46.9 Å². The molecule has 0 saturated carbocycles. The summed E-state index contributed by atoms with van der Waals surface area (Å²) in [4.78, 5) is 2.46. The van der Waals surface area contributed by atoms with Crippen molar-refractivity contribution < 1.29 is 9.15 Å². The molecule has 2 heterocycles. The largest absolute Gasteiger partial charge is 0.465 e. The second-order valence-corrected chi connectivity index (χ2v) is 5.77. The normalized spacial score (nSPS) is 17.5. The van der Waals surface area contributed by atoms with Crippen molar-refractivity contribution >= 4 is 0 Å². The van der Waals surface area contributed by atoms with E-state index < -0.39 is 0 Å². The van der Waals surface area contributed by atoms with E-state index in [9.17, 15) is 0 Å². The molecule has 1 aromatic carbocycles. The zero-order valence-corrected chi connectivity index (χ0v) is 13.1. The van der Waals surface area contributed by atoms with Crippen LogP contribution in [-0.2, 0) is 11.3 Å². The number of hydrogen-bond donors (Lipinski definition) is 1. The van der Waals surface area contributed by atoms with Gasteiger partial charge in [0, 0.05) is 25.7 Å². The summed E-state index contributed by atoms with van der Waals surface area (Å²) in [5.74, 6) is 1.95. The Morgan fingerprint density at radius 1 is 1.09 bits per heavy atom. The van der Waals surface area contributed by atoms with Gasteiger partial charge >= 0.3 is 0 Å². The number of nitrogens with one attached hydrogen (secondary N) is 1. The van der Waals surface area contributed by atoms with Crippen molar-refractivity contribution in [3.05, 3.63) is 59.5 Å². The first-order chi connectivity index (χ1) is 10.8. The monoisotopic (exact) mass is 300 g/mol. The Labute approximate surface area is 132 Å². The highest BCUT2D eigenvalue weighted by Gasteiger charge is 2.18. The summed E-state index contributed by atoms with van der Waals surface area (Å²) in [7, 11) is 0. The summed E-state index contributed by atoms with van der Waals surface area (Å²) in [5.41, 5.74) is 1.32. The summed E-state index contributed by atoms with van der Waals surface area (Å²) in [6, 6.07) is 15.0. The third-order valence-corrected chi connectivity index (χ3v) is 4.07. The molecule has 4 heteroatoms. The van der Waals surface area contributed by atoms with Gasteiger partial charge < -0.3 is 14.5 Å². The molecule has 3 rings (SSSR count). The number of aryl methyl sites for hydroxylation is 1. The van der Waals surface area contributed by atoms with E-state index in [1.54, 1.807) is 0 Å². The van der Waals surface area contributed by atoms with Crippen LogP contribution >= 0.6 is 0 Å². The number of morpholine rings is 1. The van der Waals surface area contributed by atoms with Crippen molar-refractivity contribution in [3.63, 3.8) is 0 Å². The number of ether oxygens (including phenoxy) is 1. The lowest BCUT2D eigenvalue weighted by atomic mass is 10.1. The number of nitrogens with zero attached hydrogens (tertiary/aromatic N) is 1. The lowest BCUT2D eigenvalue weighted by Gasteiger charge is -2.31. The molecule has 1 aliphatic heterocycles. The third-order valence-electron chi connectivity index (χ3n) is 4.07. The Morgan fingerprint density at radius 2 is 1.86 bits per heavy atom. The number of benzene rings is 1. The molecule has 0 amide bonds. The first-order valence-corrected chi connectivity index (χ1v) is 7.95. The van der Waals surface area contributed by atoms with Crippen molar-refractivity contribution in [1.82, 2.24) is 10.2 Å². The van der Waals surface area contributed by atoms with Gasteiger partial charge in [-0.3, -0.25) is 4.90 Å². The van der Waals surface area contributed by atoms with Crippen LogP contribution < -0.4 is 5.32 Å². The van der Waals surface area contributed by atoms with Crippen LogP contribution in [0.5, 0.6) is 0 Å². The van der Waals surface area contributed by atoms with Gasteiger partial charge in [-0.15, -0.1) is 0 Å². The molecular formula is C18H24N2O2. The molecule has 0 bridgehead atoms.